The van der Waals surface area contributed by atoms with Crippen LogP contribution in [0.2, 0.25) is 0 Å². The monoisotopic (exact) mass is 401 g/mol. The second kappa shape index (κ2) is 7.76. The number of hydrogen-bond donors (Lipinski definition) is 3. The number of carboxylic acids is 1. The Morgan fingerprint density at radius 2 is 1.75 bits per heavy atom. The average Bonchev–Trinajstić information content (AvgIpc) is 2.85. The Labute approximate surface area is 155 Å². The predicted molar refractivity (Wildman–Crippen MR) is 84.7 cm³/mol. The van der Waals surface area contributed by atoms with E-state index in [4.69, 9.17) is 15.6 Å². The molecule has 9 nitrogen and oxygen atoms in total. The first kappa shape index (κ1) is 21.0. The lowest BCUT2D eigenvalue weighted by molar-refractivity contribution is -0.192. The number of fused-ring (bicyclic) bond motifs is 1. The van der Waals surface area contributed by atoms with Crippen LogP contribution in [0.15, 0.2) is 18.2 Å². The van der Waals surface area contributed by atoms with Crippen LogP contribution in [0.25, 0.3) is 0 Å². The molecule has 2 aliphatic rings. The van der Waals surface area contributed by atoms with Crippen LogP contribution in [0.1, 0.15) is 39.1 Å². The summed E-state index contributed by atoms with van der Waals surface area (Å²) in [5, 5.41) is 9.28. The normalized spacial score (nSPS) is 19.0. The SMILES string of the molecule is NCc1ccc2c(c1)C(=O)N(C1CCC(=O)NC1=O)C2=O.O=C(O)C(F)(F)F. The van der Waals surface area contributed by atoms with E-state index in [1.807, 2.05) is 0 Å². The third-order valence-corrected chi connectivity index (χ3v) is 3.98. The molecule has 12 heteroatoms. The molecule has 28 heavy (non-hydrogen) atoms. The van der Waals surface area contributed by atoms with Gasteiger partial charge in [-0.2, -0.15) is 13.2 Å². The quantitative estimate of drug-likeness (QED) is 0.599. The van der Waals surface area contributed by atoms with Crippen molar-refractivity contribution in [2.75, 3.05) is 0 Å². The molecular formula is C16H14F3N3O6. The van der Waals surface area contributed by atoms with Crippen molar-refractivity contribution in [2.45, 2.75) is 31.6 Å². The summed E-state index contributed by atoms with van der Waals surface area (Å²) in [5.41, 5.74) is 6.79. The first-order chi connectivity index (χ1) is 13.0. The first-order valence-electron chi connectivity index (χ1n) is 7.82. The van der Waals surface area contributed by atoms with Gasteiger partial charge < -0.3 is 10.8 Å². The number of nitrogens with two attached hydrogens (primary N) is 1. The predicted octanol–water partition coefficient (Wildman–Crippen LogP) is 0.180. The van der Waals surface area contributed by atoms with Crippen molar-refractivity contribution in [3.63, 3.8) is 0 Å². The molecular weight excluding hydrogens is 387 g/mol. The third-order valence-electron chi connectivity index (χ3n) is 3.98. The smallest absolute Gasteiger partial charge is 0.475 e. The lowest BCUT2D eigenvalue weighted by atomic mass is 10.0. The number of amides is 4. The van der Waals surface area contributed by atoms with Crippen LogP contribution < -0.4 is 11.1 Å². The molecule has 1 unspecified atom stereocenters. The van der Waals surface area contributed by atoms with E-state index >= 15 is 0 Å². The molecule has 0 aliphatic carbocycles. The number of aliphatic carboxylic acids is 1. The molecule has 0 saturated carbocycles. The van der Waals surface area contributed by atoms with Gasteiger partial charge in [-0.25, -0.2) is 4.79 Å². The summed E-state index contributed by atoms with van der Waals surface area (Å²) in [6, 6.07) is 3.86. The highest BCUT2D eigenvalue weighted by molar-refractivity contribution is 6.23. The first-order valence-corrected chi connectivity index (χ1v) is 7.82. The van der Waals surface area contributed by atoms with Crippen LogP contribution >= 0.6 is 0 Å². The van der Waals surface area contributed by atoms with E-state index in [0.29, 0.717) is 0 Å². The van der Waals surface area contributed by atoms with E-state index in [2.05, 4.69) is 5.32 Å². The molecule has 1 saturated heterocycles. The van der Waals surface area contributed by atoms with Crippen LogP contribution in [0, 0.1) is 0 Å². The second-order valence-electron chi connectivity index (χ2n) is 5.83. The summed E-state index contributed by atoms with van der Waals surface area (Å²) in [4.78, 5) is 57.6. The molecule has 2 heterocycles. The molecule has 2 aliphatic heterocycles. The Kier molecular flexibility index (Phi) is 5.83. The lowest BCUT2D eigenvalue weighted by Crippen LogP contribution is -2.54. The molecule has 4 N–H and O–H groups in total. The highest BCUT2D eigenvalue weighted by atomic mass is 19.4. The van der Waals surface area contributed by atoms with Gasteiger partial charge in [0.15, 0.2) is 0 Å². The van der Waals surface area contributed by atoms with Gasteiger partial charge >= 0.3 is 12.1 Å². The molecule has 0 bridgehead atoms. The number of alkyl halides is 3. The number of benzene rings is 1. The van der Waals surface area contributed by atoms with E-state index in [-0.39, 0.29) is 30.5 Å². The van der Waals surface area contributed by atoms with Crippen molar-refractivity contribution in [3.05, 3.63) is 34.9 Å². The van der Waals surface area contributed by atoms with E-state index in [1.54, 1.807) is 18.2 Å². The molecule has 0 spiro atoms. The Hall–Kier alpha value is -3.28. The van der Waals surface area contributed by atoms with E-state index in [0.717, 1.165) is 10.5 Å². The number of carboxylic acid groups (broad SMARTS) is 1. The number of halogens is 3. The largest absolute Gasteiger partial charge is 0.490 e. The minimum absolute atomic E-state index is 0.109. The molecule has 1 aromatic carbocycles. The van der Waals surface area contributed by atoms with E-state index < -0.39 is 41.8 Å². The Morgan fingerprint density at radius 1 is 1.18 bits per heavy atom. The standard InChI is InChI=1S/C14H13N3O4.C2HF3O2/c15-6-7-1-2-8-9(5-7)14(21)17(13(8)20)10-3-4-11(18)16-12(10)19;3-2(4,5)1(6)7/h1-2,5,10H,3-4,6,15H2,(H,16,18,19);(H,6,7). The fourth-order valence-electron chi connectivity index (χ4n) is 2.65. The van der Waals surface area contributed by atoms with Crippen LogP contribution in [0.5, 0.6) is 0 Å². The molecule has 150 valence electrons. The number of nitrogens with zero attached hydrogens (tertiary/aromatic N) is 1. The van der Waals surface area contributed by atoms with Gasteiger partial charge in [-0.15, -0.1) is 0 Å². The van der Waals surface area contributed by atoms with Gasteiger partial charge in [0, 0.05) is 13.0 Å². The zero-order valence-corrected chi connectivity index (χ0v) is 14.1. The van der Waals surface area contributed by atoms with Gasteiger partial charge in [-0.3, -0.25) is 29.4 Å². The fourth-order valence-corrected chi connectivity index (χ4v) is 2.65. The minimum Gasteiger partial charge on any atom is -0.475 e. The van der Waals surface area contributed by atoms with Gasteiger partial charge in [0.25, 0.3) is 11.8 Å². The Morgan fingerprint density at radius 3 is 2.25 bits per heavy atom. The zero-order chi connectivity index (χ0) is 21.2. The maximum Gasteiger partial charge on any atom is 0.490 e. The molecule has 0 aromatic heterocycles. The molecule has 4 amide bonds. The van der Waals surface area contributed by atoms with Crippen molar-refractivity contribution in [1.82, 2.24) is 10.2 Å². The number of nitrogens with one attached hydrogen (secondary N) is 1. The fraction of sp³-hybridized carbons (Fsp3) is 0.312. The van der Waals surface area contributed by atoms with Crippen LogP contribution in [-0.2, 0) is 20.9 Å². The van der Waals surface area contributed by atoms with Crippen molar-refractivity contribution in [1.29, 1.82) is 0 Å². The zero-order valence-electron chi connectivity index (χ0n) is 14.1. The summed E-state index contributed by atoms with van der Waals surface area (Å²) >= 11 is 0. The van der Waals surface area contributed by atoms with E-state index in [1.165, 1.54) is 0 Å². The van der Waals surface area contributed by atoms with Gasteiger partial charge in [0.05, 0.1) is 11.1 Å². The number of piperidine rings is 1. The number of rotatable bonds is 2. The summed E-state index contributed by atoms with van der Waals surface area (Å²) < 4.78 is 31.7. The maximum atomic E-state index is 12.4. The highest BCUT2D eigenvalue weighted by Gasteiger charge is 2.44. The molecule has 0 radical (unpaired) electrons. The van der Waals surface area contributed by atoms with E-state index in [9.17, 15) is 32.3 Å². The summed E-state index contributed by atoms with van der Waals surface area (Å²) in [7, 11) is 0. The van der Waals surface area contributed by atoms with Gasteiger partial charge in [-0.05, 0) is 24.1 Å². The molecule has 1 atom stereocenters. The van der Waals surface area contributed by atoms with Crippen molar-refractivity contribution in [2.24, 2.45) is 5.73 Å². The van der Waals surface area contributed by atoms with Gasteiger partial charge in [0.2, 0.25) is 11.8 Å². The summed E-state index contributed by atoms with van der Waals surface area (Å²) in [6.07, 6.45) is -4.82. The summed E-state index contributed by atoms with van der Waals surface area (Å²) in [6.45, 7) is 0.257. The lowest BCUT2D eigenvalue weighted by Gasteiger charge is -2.27. The Bertz CT molecular complexity index is 868. The highest BCUT2D eigenvalue weighted by Crippen LogP contribution is 2.28. The van der Waals surface area contributed by atoms with Crippen LogP contribution in [0.4, 0.5) is 13.2 Å². The molecule has 3 rings (SSSR count). The van der Waals surface area contributed by atoms with Gasteiger partial charge in [-0.1, -0.05) is 6.07 Å². The molecule has 1 aromatic rings. The summed E-state index contributed by atoms with van der Waals surface area (Å²) in [5.74, 6) is -4.78. The number of imide groups is 2. The van der Waals surface area contributed by atoms with Crippen molar-refractivity contribution < 1.29 is 42.3 Å². The third kappa shape index (κ3) is 4.17. The Balaban J connectivity index is 0.000000345. The molecule has 1 fully saturated rings. The number of carbonyl (C=O) groups is 5. The van der Waals surface area contributed by atoms with Crippen LogP contribution in [0.3, 0.4) is 0 Å². The second-order valence-corrected chi connectivity index (χ2v) is 5.83. The topological polar surface area (TPSA) is 147 Å². The van der Waals surface area contributed by atoms with Crippen molar-refractivity contribution in [3.8, 4) is 0 Å². The van der Waals surface area contributed by atoms with Crippen LogP contribution in [-0.4, -0.2) is 51.8 Å². The minimum atomic E-state index is -5.08. The maximum absolute atomic E-state index is 12.4. The van der Waals surface area contributed by atoms with Gasteiger partial charge in [0.1, 0.15) is 6.04 Å². The average molecular weight is 401 g/mol. The number of carbonyl (C=O) groups excluding carboxylic acids is 4. The number of hydrogen-bond acceptors (Lipinski definition) is 6. The van der Waals surface area contributed by atoms with Crippen molar-refractivity contribution >= 4 is 29.6 Å².